The first-order valence-corrected chi connectivity index (χ1v) is 6.94. The smallest absolute Gasteiger partial charge is 0.0575 e. The van der Waals surface area contributed by atoms with Crippen molar-refractivity contribution in [3.63, 3.8) is 0 Å². The fraction of sp³-hybridized carbons (Fsp3) is 1.00. The van der Waals surface area contributed by atoms with Gasteiger partial charge in [-0.25, -0.2) is 0 Å². The number of hydrogen-bond acceptors (Lipinski definition) is 2. The van der Waals surface area contributed by atoms with Gasteiger partial charge in [0.25, 0.3) is 0 Å². The lowest BCUT2D eigenvalue weighted by molar-refractivity contribution is 0.0264. The van der Waals surface area contributed by atoms with E-state index in [2.05, 4.69) is 26.1 Å². The minimum atomic E-state index is 0.254. The highest BCUT2D eigenvalue weighted by molar-refractivity contribution is 4.69. The summed E-state index contributed by atoms with van der Waals surface area (Å²) >= 11 is 0. The molecule has 1 aliphatic carbocycles. The van der Waals surface area contributed by atoms with Gasteiger partial charge in [-0.2, -0.15) is 0 Å². The first-order valence-electron chi connectivity index (χ1n) is 6.94. The average molecular weight is 227 g/mol. The van der Waals surface area contributed by atoms with Crippen molar-refractivity contribution < 1.29 is 4.74 Å². The Morgan fingerprint density at radius 1 is 1.06 bits per heavy atom. The molecule has 2 heteroatoms. The highest BCUT2D eigenvalue weighted by Gasteiger charge is 2.13. The Balaban J connectivity index is 1.87. The second-order valence-corrected chi connectivity index (χ2v) is 6.01. The molecule has 0 aromatic carbocycles. The fourth-order valence-corrected chi connectivity index (χ4v) is 2.17. The first kappa shape index (κ1) is 14.0. The van der Waals surface area contributed by atoms with E-state index in [4.69, 9.17) is 4.74 Å². The third-order valence-electron chi connectivity index (χ3n) is 3.13. The molecule has 0 unspecified atom stereocenters. The second kappa shape index (κ2) is 7.29. The van der Waals surface area contributed by atoms with Crippen molar-refractivity contribution >= 4 is 0 Å². The van der Waals surface area contributed by atoms with E-state index >= 15 is 0 Å². The molecule has 0 bridgehead atoms. The lowest BCUT2D eigenvalue weighted by atomic mass is 9.98. The Kier molecular flexibility index (Phi) is 6.37. The van der Waals surface area contributed by atoms with Crippen LogP contribution in [0.2, 0.25) is 0 Å². The molecule has 1 fully saturated rings. The summed E-state index contributed by atoms with van der Waals surface area (Å²) < 4.78 is 5.89. The van der Waals surface area contributed by atoms with E-state index in [9.17, 15) is 0 Å². The quantitative estimate of drug-likeness (QED) is 0.701. The number of nitrogens with one attached hydrogen (secondary N) is 1. The summed E-state index contributed by atoms with van der Waals surface area (Å²) in [5.41, 5.74) is 0.254. The molecule has 0 aliphatic heterocycles. The lowest BCUT2D eigenvalue weighted by Crippen LogP contribution is -2.36. The Hall–Kier alpha value is -0.0800. The van der Waals surface area contributed by atoms with Crippen molar-refractivity contribution in [2.45, 2.75) is 77.4 Å². The molecule has 1 saturated carbocycles. The molecule has 0 aromatic rings. The van der Waals surface area contributed by atoms with Gasteiger partial charge in [-0.3, -0.25) is 0 Å². The van der Waals surface area contributed by atoms with Crippen LogP contribution in [0.1, 0.15) is 65.7 Å². The molecule has 96 valence electrons. The molecule has 0 aromatic heterocycles. The maximum atomic E-state index is 5.89. The van der Waals surface area contributed by atoms with Gasteiger partial charge in [-0.1, -0.05) is 19.3 Å². The summed E-state index contributed by atoms with van der Waals surface area (Å²) in [4.78, 5) is 0. The summed E-state index contributed by atoms with van der Waals surface area (Å²) in [5.74, 6) is 0. The molecule has 16 heavy (non-hydrogen) atoms. The number of rotatable bonds is 6. The standard InChI is InChI=1S/C14H29NO/c1-14(2,3)15-11-7-8-12-16-13-9-5-4-6-10-13/h13,15H,4-12H2,1-3H3. The zero-order chi connectivity index (χ0) is 11.9. The molecule has 1 aliphatic rings. The van der Waals surface area contributed by atoms with Gasteiger partial charge >= 0.3 is 0 Å². The van der Waals surface area contributed by atoms with Crippen molar-refractivity contribution in [2.75, 3.05) is 13.2 Å². The van der Waals surface area contributed by atoms with Crippen LogP contribution in [0.5, 0.6) is 0 Å². The van der Waals surface area contributed by atoms with E-state index in [0.29, 0.717) is 6.10 Å². The normalized spacial score (nSPS) is 18.9. The third kappa shape index (κ3) is 7.24. The van der Waals surface area contributed by atoms with Gasteiger partial charge in [0.05, 0.1) is 6.10 Å². The largest absolute Gasteiger partial charge is 0.378 e. The van der Waals surface area contributed by atoms with Crippen LogP contribution in [-0.2, 0) is 4.74 Å². The summed E-state index contributed by atoms with van der Waals surface area (Å²) in [6.45, 7) is 8.70. The summed E-state index contributed by atoms with van der Waals surface area (Å²) in [6, 6.07) is 0. The Bertz CT molecular complexity index is 168. The van der Waals surface area contributed by atoms with E-state index in [1.807, 2.05) is 0 Å². The van der Waals surface area contributed by atoms with E-state index in [1.54, 1.807) is 0 Å². The lowest BCUT2D eigenvalue weighted by Gasteiger charge is -2.22. The van der Waals surface area contributed by atoms with E-state index < -0.39 is 0 Å². The summed E-state index contributed by atoms with van der Waals surface area (Å²) in [6.07, 6.45) is 9.73. The topological polar surface area (TPSA) is 21.3 Å². The third-order valence-corrected chi connectivity index (χ3v) is 3.13. The number of ether oxygens (including phenoxy) is 1. The zero-order valence-corrected chi connectivity index (χ0v) is 11.3. The summed E-state index contributed by atoms with van der Waals surface area (Å²) in [7, 11) is 0. The molecule has 0 heterocycles. The monoisotopic (exact) mass is 227 g/mol. The maximum absolute atomic E-state index is 5.89. The minimum Gasteiger partial charge on any atom is -0.378 e. The van der Waals surface area contributed by atoms with Crippen LogP contribution < -0.4 is 5.32 Å². The Labute approximate surface area is 101 Å². The molecule has 0 radical (unpaired) electrons. The molecule has 0 atom stereocenters. The van der Waals surface area contributed by atoms with Crippen LogP contribution in [0.25, 0.3) is 0 Å². The zero-order valence-electron chi connectivity index (χ0n) is 11.3. The second-order valence-electron chi connectivity index (χ2n) is 6.01. The van der Waals surface area contributed by atoms with Crippen molar-refractivity contribution in [3.8, 4) is 0 Å². The molecule has 1 N–H and O–H groups in total. The van der Waals surface area contributed by atoms with E-state index in [-0.39, 0.29) is 5.54 Å². The minimum absolute atomic E-state index is 0.254. The van der Waals surface area contributed by atoms with Gasteiger partial charge in [-0.05, 0) is 53.0 Å². The molecular weight excluding hydrogens is 198 g/mol. The van der Waals surface area contributed by atoms with Crippen LogP contribution in [-0.4, -0.2) is 24.8 Å². The SMILES string of the molecule is CC(C)(C)NCCCCOC1CCCCC1. The van der Waals surface area contributed by atoms with Crippen LogP contribution in [0.4, 0.5) is 0 Å². The fourth-order valence-electron chi connectivity index (χ4n) is 2.17. The van der Waals surface area contributed by atoms with Gasteiger partial charge < -0.3 is 10.1 Å². The van der Waals surface area contributed by atoms with Crippen LogP contribution >= 0.6 is 0 Å². The first-order chi connectivity index (χ1) is 7.58. The molecule has 0 spiro atoms. The van der Waals surface area contributed by atoms with Gasteiger partial charge in [0.15, 0.2) is 0 Å². The van der Waals surface area contributed by atoms with Gasteiger partial charge in [0.2, 0.25) is 0 Å². The predicted molar refractivity (Wildman–Crippen MR) is 69.8 cm³/mol. The Morgan fingerprint density at radius 3 is 2.38 bits per heavy atom. The van der Waals surface area contributed by atoms with Gasteiger partial charge in [-0.15, -0.1) is 0 Å². The van der Waals surface area contributed by atoms with Crippen molar-refractivity contribution in [1.82, 2.24) is 5.32 Å². The predicted octanol–water partition coefficient (Wildman–Crippen LogP) is 3.50. The Morgan fingerprint density at radius 2 is 1.75 bits per heavy atom. The van der Waals surface area contributed by atoms with Crippen LogP contribution in [0, 0.1) is 0 Å². The van der Waals surface area contributed by atoms with Crippen LogP contribution in [0.3, 0.4) is 0 Å². The number of unbranched alkanes of at least 4 members (excludes halogenated alkanes) is 1. The molecular formula is C14H29NO. The summed E-state index contributed by atoms with van der Waals surface area (Å²) in [5, 5.41) is 3.50. The van der Waals surface area contributed by atoms with Gasteiger partial charge in [0, 0.05) is 12.1 Å². The number of hydrogen-bond donors (Lipinski definition) is 1. The highest BCUT2D eigenvalue weighted by Crippen LogP contribution is 2.20. The van der Waals surface area contributed by atoms with Crippen molar-refractivity contribution in [1.29, 1.82) is 0 Å². The molecule has 1 rings (SSSR count). The molecule has 0 saturated heterocycles. The molecule has 0 amide bonds. The van der Waals surface area contributed by atoms with Crippen LogP contribution in [0.15, 0.2) is 0 Å². The van der Waals surface area contributed by atoms with Gasteiger partial charge in [0.1, 0.15) is 0 Å². The van der Waals surface area contributed by atoms with Crippen molar-refractivity contribution in [2.24, 2.45) is 0 Å². The van der Waals surface area contributed by atoms with Crippen molar-refractivity contribution in [3.05, 3.63) is 0 Å². The molecule has 2 nitrogen and oxygen atoms in total. The van der Waals surface area contributed by atoms with E-state index in [0.717, 1.165) is 13.2 Å². The van der Waals surface area contributed by atoms with E-state index in [1.165, 1.54) is 44.9 Å². The maximum Gasteiger partial charge on any atom is 0.0575 e. The average Bonchev–Trinajstić information content (AvgIpc) is 2.23. The highest BCUT2D eigenvalue weighted by atomic mass is 16.5.